The van der Waals surface area contributed by atoms with Gasteiger partial charge in [-0.2, -0.15) is 5.26 Å². The molecule has 23 heavy (non-hydrogen) atoms. The Morgan fingerprint density at radius 3 is 2.83 bits per heavy atom. The summed E-state index contributed by atoms with van der Waals surface area (Å²) in [5, 5.41) is 18.0. The SMILES string of the molecule is Cc1cc(C#N)ccc1Oc1ccc2c(c1)O[C@H]1[C@H](C(=O)O)[C@@H]21. The van der Waals surface area contributed by atoms with Crippen LogP contribution in [0.15, 0.2) is 36.4 Å². The number of aryl methyl sites for hydroxylation is 1. The largest absolute Gasteiger partial charge is 0.488 e. The van der Waals surface area contributed by atoms with Gasteiger partial charge in [-0.3, -0.25) is 4.79 Å². The van der Waals surface area contributed by atoms with Crippen LogP contribution in [0.25, 0.3) is 0 Å². The van der Waals surface area contributed by atoms with Crippen LogP contribution in [0.2, 0.25) is 0 Å². The molecule has 1 aliphatic heterocycles. The van der Waals surface area contributed by atoms with E-state index in [-0.39, 0.29) is 12.0 Å². The maximum Gasteiger partial charge on any atom is 0.311 e. The second-order valence-electron chi connectivity index (χ2n) is 5.87. The van der Waals surface area contributed by atoms with E-state index in [0.717, 1.165) is 11.1 Å². The van der Waals surface area contributed by atoms with Crippen molar-refractivity contribution in [3.8, 4) is 23.3 Å². The molecule has 0 spiro atoms. The quantitative estimate of drug-likeness (QED) is 0.941. The van der Waals surface area contributed by atoms with Crippen LogP contribution in [0, 0.1) is 24.2 Å². The fourth-order valence-electron chi connectivity index (χ4n) is 3.16. The molecule has 3 atom stereocenters. The Balaban J connectivity index is 1.57. The first-order chi connectivity index (χ1) is 11.1. The third-order valence-electron chi connectivity index (χ3n) is 4.38. The molecule has 0 saturated heterocycles. The molecule has 1 saturated carbocycles. The van der Waals surface area contributed by atoms with Crippen molar-refractivity contribution in [1.82, 2.24) is 0 Å². The average Bonchev–Trinajstić information content (AvgIpc) is 3.13. The van der Waals surface area contributed by atoms with Crippen molar-refractivity contribution in [1.29, 1.82) is 5.26 Å². The summed E-state index contributed by atoms with van der Waals surface area (Å²) in [4.78, 5) is 11.1. The summed E-state index contributed by atoms with van der Waals surface area (Å²) >= 11 is 0. The molecule has 4 rings (SSSR count). The molecule has 114 valence electrons. The number of ether oxygens (including phenoxy) is 2. The second-order valence-corrected chi connectivity index (χ2v) is 5.87. The van der Waals surface area contributed by atoms with Gasteiger partial charge in [0.15, 0.2) is 0 Å². The molecule has 2 aromatic carbocycles. The Kier molecular flexibility index (Phi) is 2.82. The van der Waals surface area contributed by atoms with Crippen LogP contribution < -0.4 is 9.47 Å². The predicted molar refractivity (Wildman–Crippen MR) is 80.7 cm³/mol. The minimum absolute atomic E-state index is 0.0341. The molecule has 1 N–H and O–H groups in total. The van der Waals surface area contributed by atoms with Gasteiger partial charge in [0, 0.05) is 17.5 Å². The third kappa shape index (κ3) is 2.11. The smallest absolute Gasteiger partial charge is 0.311 e. The van der Waals surface area contributed by atoms with Crippen molar-refractivity contribution in [2.45, 2.75) is 18.9 Å². The van der Waals surface area contributed by atoms with Gasteiger partial charge in [0.25, 0.3) is 0 Å². The van der Waals surface area contributed by atoms with E-state index in [4.69, 9.17) is 19.8 Å². The van der Waals surface area contributed by atoms with Crippen LogP contribution in [0.1, 0.15) is 22.6 Å². The molecule has 1 fully saturated rings. The molecule has 1 aliphatic carbocycles. The van der Waals surface area contributed by atoms with Gasteiger partial charge >= 0.3 is 5.97 Å². The predicted octanol–water partition coefficient (Wildman–Crippen LogP) is 3.22. The van der Waals surface area contributed by atoms with Gasteiger partial charge in [-0.25, -0.2) is 0 Å². The zero-order chi connectivity index (χ0) is 16.1. The minimum atomic E-state index is -0.806. The topological polar surface area (TPSA) is 79.5 Å². The first-order valence-electron chi connectivity index (χ1n) is 7.30. The Bertz CT molecular complexity index is 868. The summed E-state index contributed by atoms with van der Waals surface area (Å²) in [6, 6.07) is 12.8. The van der Waals surface area contributed by atoms with Gasteiger partial charge in [0.05, 0.1) is 11.6 Å². The van der Waals surface area contributed by atoms with Crippen molar-refractivity contribution >= 4 is 5.97 Å². The summed E-state index contributed by atoms with van der Waals surface area (Å²) in [5.74, 6) is 0.740. The highest BCUT2D eigenvalue weighted by Gasteiger charge is 2.63. The lowest BCUT2D eigenvalue weighted by Gasteiger charge is -2.11. The van der Waals surface area contributed by atoms with Crippen molar-refractivity contribution in [3.05, 3.63) is 53.1 Å². The monoisotopic (exact) mass is 307 g/mol. The zero-order valence-corrected chi connectivity index (χ0v) is 12.3. The highest BCUT2D eigenvalue weighted by atomic mass is 16.5. The lowest BCUT2D eigenvalue weighted by atomic mass is 10.1. The summed E-state index contributed by atoms with van der Waals surface area (Å²) in [5.41, 5.74) is 2.40. The van der Waals surface area contributed by atoms with Gasteiger partial charge in [-0.15, -0.1) is 0 Å². The number of nitrogens with zero attached hydrogens (tertiary/aromatic N) is 1. The number of rotatable bonds is 3. The van der Waals surface area contributed by atoms with Crippen LogP contribution >= 0.6 is 0 Å². The highest BCUT2D eigenvalue weighted by Crippen LogP contribution is 2.58. The molecule has 0 bridgehead atoms. The van der Waals surface area contributed by atoms with Gasteiger partial charge < -0.3 is 14.6 Å². The fourth-order valence-corrected chi connectivity index (χ4v) is 3.16. The molecule has 2 aromatic rings. The van der Waals surface area contributed by atoms with E-state index in [1.165, 1.54) is 0 Å². The number of carboxylic acid groups (broad SMARTS) is 1. The molecule has 2 aliphatic rings. The standard InChI is InChI=1S/C18H13NO4/c1-9-6-10(8-19)2-5-13(9)22-11-3-4-12-14(7-11)23-17-15(12)16(17)18(20)21/h2-7,15-17H,1H3,(H,20,21)/t15-,16-,17-/m1/s1. The summed E-state index contributed by atoms with van der Waals surface area (Å²) < 4.78 is 11.5. The first-order valence-corrected chi connectivity index (χ1v) is 7.30. The van der Waals surface area contributed by atoms with Crippen molar-refractivity contribution in [3.63, 3.8) is 0 Å². The van der Waals surface area contributed by atoms with Crippen LogP contribution in [0.3, 0.4) is 0 Å². The van der Waals surface area contributed by atoms with Crippen LogP contribution in [0.4, 0.5) is 0 Å². The minimum Gasteiger partial charge on any atom is -0.488 e. The van der Waals surface area contributed by atoms with Crippen LogP contribution in [0.5, 0.6) is 17.2 Å². The van der Waals surface area contributed by atoms with Gasteiger partial charge in [-0.05, 0) is 36.8 Å². The van der Waals surface area contributed by atoms with E-state index in [9.17, 15) is 4.79 Å². The van der Waals surface area contributed by atoms with Crippen molar-refractivity contribution < 1.29 is 19.4 Å². The maximum atomic E-state index is 11.1. The highest BCUT2D eigenvalue weighted by molar-refractivity contribution is 5.79. The zero-order valence-electron chi connectivity index (χ0n) is 12.3. The number of hydrogen-bond acceptors (Lipinski definition) is 4. The van der Waals surface area contributed by atoms with Gasteiger partial charge in [0.2, 0.25) is 0 Å². The number of fused-ring (bicyclic) bond motifs is 3. The Morgan fingerprint density at radius 2 is 2.13 bits per heavy atom. The number of hydrogen-bond donors (Lipinski definition) is 1. The normalized spacial score (nSPS) is 23.2. The number of benzene rings is 2. The van der Waals surface area contributed by atoms with E-state index < -0.39 is 11.9 Å². The number of aliphatic carboxylic acids is 1. The molecule has 5 heteroatoms. The third-order valence-corrected chi connectivity index (χ3v) is 4.38. The number of carbonyl (C=O) groups is 1. The lowest BCUT2D eigenvalue weighted by Crippen LogP contribution is -2.08. The Morgan fingerprint density at radius 1 is 1.30 bits per heavy atom. The van der Waals surface area contributed by atoms with Gasteiger partial charge in [-0.1, -0.05) is 6.07 Å². The molecule has 0 amide bonds. The number of nitriles is 1. The molecular weight excluding hydrogens is 294 g/mol. The molecule has 1 heterocycles. The van der Waals surface area contributed by atoms with Crippen LogP contribution in [-0.2, 0) is 4.79 Å². The molecule has 5 nitrogen and oxygen atoms in total. The van der Waals surface area contributed by atoms with E-state index >= 15 is 0 Å². The Labute approximate surface area is 132 Å². The van der Waals surface area contributed by atoms with E-state index in [1.54, 1.807) is 24.3 Å². The van der Waals surface area contributed by atoms with Gasteiger partial charge in [0.1, 0.15) is 29.3 Å². The van der Waals surface area contributed by atoms with E-state index in [1.807, 2.05) is 19.1 Å². The van der Waals surface area contributed by atoms with Crippen molar-refractivity contribution in [2.24, 2.45) is 5.92 Å². The first kappa shape index (κ1) is 13.6. The molecule has 0 radical (unpaired) electrons. The second kappa shape index (κ2) is 4.75. The summed E-state index contributed by atoms with van der Waals surface area (Å²) in [7, 11) is 0. The lowest BCUT2D eigenvalue weighted by molar-refractivity contribution is -0.139. The molecule has 0 unspecified atom stereocenters. The molecule has 0 aromatic heterocycles. The average molecular weight is 307 g/mol. The van der Waals surface area contributed by atoms with Crippen LogP contribution in [-0.4, -0.2) is 17.2 Å². The molecular formula is C18H13NO4. The fraction of sp³-hybridized carbons (Fsp3) is 0.222. The van der Waals surface area contributed by atoms with Crippen molar-refractivity contribution in [2.75, 3.05) is 0 Å². The van der Waals surface area contributed by atoms with E-state index in [0.29, 0.717) is 22.8 Å². The summed E-state index contributed by atoms with van der Waals surface area (Å²) in [6.07, 6.45) is -0.241. The number of carboxylic acids is 1. The summed E-state index contributed by atoms with van der Waals surface area (Å²) in [6.45, 7) is 1.88. The maximum absolute atomic E-state index is 11.1. The van der Waals surface area contributed by atoms with E-state index in [2.05, 4.69) is 6.07 Å². The Hall–Kier alpha value is -3.00.